The van der Waals surface area contributed by atoms with Crippen molar-refractivity contribution >= 4 is 17.4 Å². The van der Waals surface area contributed by atoms with Gasteiger partial charge in [0.2, 0.25) is 0 Å². The number of hydrogen-bond donors (Lipinski definition) is 1. The number of urea groups is 1. The number of anilines is 2. The minimum atomic E-state index is -0.0422. The molecule has 6 heteroatoms. The fourth-order valence-electron chi connectivity index (χ4n) is 4.74. The first-order valence-corrected chi connectivity index (χ1v) is 12.3. The summed E-state index contributed by atoms with van der Waals surface area (Å²) in [6.45, 7) is 14.1. The molecule has 4 rings (SSSR count). The van der Waals surface area contributed by atoms with Crippen molar-refractivity contribution in [1.29, 1.82) is 0 Å². The minimum Gasteiger partial charge on any atom is -0.379 e. The first-order valence-electron chi connectivity index (χ1n) is 12.3. The van der Waals surface area contributed by atoms with E-state index in [0.29, 0.717) is 13.1 Å². The molecule has 33 heavy (non-hydrogen) atoms. The van der Waals surface area contributed by atoms with E-state index in [9.17, 15) is 4.79 Å². The van der Waals surface area contributed by atoms with Crippen LogP contribution in [0.3, 0.4) is 0 Å². The standard InChI is InChI=1S/C27H38N4O2/c1-4-30-11-5-6-24-19-23(8-10-26(24)30)20-31(13-12-29-14-16-33-17-15-29)27(32)28-25-9-7-21(2)22(3)18-25/h7-10,18-19H,4-6,11-17,20H2,1-3H3,(H,28,32). The van der Waals surface area contributed by atoms with E-state index in [4.69, 9.17) is 4.74 Å². The van der Waals surface area contributed by atoms with Crippen molar-refractivity contribution in [2.45, 2.75) is 40.2 Å². The number of nitrogens with one attached hydrogen (secondary N) is 1. The number of amides is 2. The molecule has 2 amide bonds. The van der Waals surface area contributed by atoms with Gasteiger partial charge in [-0.1, -0.05) is 18.2 Å². The number of carbonyl (C=O) groups excluding carboxylic acids is 1. The Morgan fingerprint density at radius 1 is 1.06 bits per heavy atom. The van der Waals surface area contributed by atoms with Gasteiger partial charge < -0.3 is 19.9 Å². The predicted molar refractivity (Wildman–Crippen MR) is 135 cm³/mol. The molecule has 0 radical (unpaired) electrons. The lowest BCUT2D eigenvalue weighted by Gasteiger charge is -2.32. The normalized spacial score (nSPS) is 16.4. The van der Waals surface area contributed by atoms with Crippen LogP contribution in [0.2, 0.25) is 0 Å². The summed E-state index contributed by atoms with van der Waals surface area (Å²) in [6, 6.07) is 12.8. The molecule has 1 saturated heterocycles. The number of ether oxygens (including phenoxy) is 1. The van der Waals surface area contributed by atoms with Crippen LogP contribution in [0.5, 0.6) is 0 Å². The van der Waals surface area contributed by atoms with Crippen molar-refractivity contribution in [3.8, 4) is 0 Å². The largest absolute Gasteiger partial charge is 0.379 e. The Balaban J connectivity index is 1.49. The van der Waals surface area contributed by atoms with E-state index in [1.807, 2.05) is 17.0 Å². The summed E-state index contributed by atoms with van der Waals surface area (Å²) in [7, 11) is 0. The monoisotopic (exact) mass is 450 g/mol. The molecule has 0 aliphatic carbocycles. The highest BCUT2D eigenvalue weighted by Crippen LogP contribution is 2.28. The maximum Gasteiger partial charge on any atom is 0.322 e. The fraction of sp³-hybridized carbons (Fsp3) is 0.519. The van der Waals surface area contributed by atoms with Gasteiger partial charge in [-0.3, -0.25) is 4.90 Å². The van der Waals surface area contributed by atoms with Crippen LogP contribution in [0.25, 0.3) is 0 Å². The third-order valence-corrected chi connectivity index (χ3v) is 6.95. The van der Waals surface area contributed by atoms with E-state index < -0.39 is 0 Å². The summed E-state index contributed by atoms with van der Waals surface area (Å²) < 4.78 is 5.48. The van der Waals surface area contributed by atoms with E-state index in [1.54, 1.807) is 0 Å². The van der Waals surface area contributed by atoms with Crippen LogP contribution in [0, 0.1) is 13.8 Å². The predicted octanol–water partition coefficient (Wildman–Crippen LogP) is 4.44. The summed E-state index contributed by atoms with van der Waals surface area (Å²) in [5.74, 6) is 0. The number of fused-ring (bicyclic) bond motifs is 1. The van der Waals surface area contributed by atoms with E-state index >= 15 is 0 Å². The van der Waals surface area contributed by atoms with Crippen LogP contribution in [-0.2, 0) is 17.7 Å². The molecule has 0 aromatic heterocycles. The van der Waals surface area contributed by atoms with Crippen LogP contribution in [0.4, 0.5) is 16.2 Å². The molecule has 2 heterocycles. The number of morpholine rings is 1. The van der Waals surface area contributed by atoms with Gasteiger partial charge in [-0.05, 0) is 74.1 Å². The molecule has 6 nitrogen and oxygen atoms in total. The third-order valence-electron chi connectivity index (χ3n) is 6.95. The van der Waals surface area contributed by atoms with Crippen LogP contribution >= 0.6 is 0 Å². The maximum absolute atomic E-state index is 13.3. The molecular weight excluding hydrogens is 412 g/mol. The average molecular weight is 451 g/mol. The Labute approximate surface area is 198 Å². The van der Waals surface area contributed by atoms with Crippen LogP contribution in [-0.4, -0.2) is 68.3 Å². The Morgan fingerprint density at radius 2 is 1.88 bits per heavy atom. The first kappa shape index (κ1) is 23.6. The molecule has 1 fully saturated rings. The number of hydrogen-bond acceptors (Lipinski definition) is 4. The van der Waals surface area contributed by atoms with Crippen molar-refractivity contribution in [2.24, 2.45) is 0 Å². The third kappa shape index (κ3) is 6.06. The molecule has 0 bridgehead atoms. The summed E-state index contributed by atoms with van der Waals surface area (Å²) in [4.78, 5) is 20.1. The second-order valence-corrected chi connectivity index (χ2v) is 9.25. The van der Waals surface area contributed by atoms with Crippen molar-refractivity contribution in [3.63, 3.8) is 0 Å². The average Bonchev–Trinajstić information content (AvgIpc) is 2.84. The molecule has 0 unspecified atom stereocenters. The lowest BCUT2D eigenvalue weighted by molar-refractivity contribution is 0.0349. The summed E-state index contributed by atoms with van der Waals surface area (Å²) in [6.07, 6.45) is 2.31. The number of nitrogens with zero attached hydrogens (tertiary/aromatic N) is 3. The van der Waals surface area contributed by atoms with Crippen molar-refractivity contribution in [2.75, 3.05) is 62.7 Å². The van der Waals surface area contributed by atoms with E-state index in [2.05, 4.69) is 60.2 Å². The molecule has 0 saturated carbocycles. The summed E-state index contributed by atoms with van der Waals surface area (Å²) in [5, 5.41) is 3.13. The van der Waals surface area contributed by atoms with Crippen molar-refractivity contribution in [3.05, 3.63) is 58.7 Å². The molecule has 1 N–H and O–H groups in total. The Hall–Kier alpha value is -2.57. The lowest BCUT2D eigenvalue weighted by atomic mass is 9.99. The van der Waals surface area contributed by atoms with E-state index in [0.717, 1.165) is 58.0 Å². The Kier molecular flexibility index (Phi) is 7.89. The quantitative estimate of drug-likeness (QED) is 0.677. The molecule has 2 aliphatic rings. The van der Waals surface area contributed by atoms with Gasteiger partial charge in [0.1, 0.15) is 0 Å². The van der Waals surface area contributed by atoms with Gasteiger partial charge in [-0.2, -0.15) is 0 Å². The Morgan fingerprint density at radius 3 is 2.64 bits per heavy atom. The van der Waals surface area contributed by atoms with Crippen molar-refractivity contribution in [1.82, 2.24) is 9.80 Å². The molecule has 0 atom stereocenters. The van der Waals surface area contributed by atoms with Gasteiger partial charge in [0.15, 0.2) is 0 Å². The maximum atomic E-state index is 13.3. The topological polar surface area (TPSA) is 48.1 Å². The highest BCUT2D eigenvalue weighted by Gasteiger charge is 2.20. The second kappa shape index (κ2) is 11.0. The molecule has 178 valence electrons. The number of aryl methyl sites for hydroxylation is 3. The molecule has 2 aliphatic heterocycles. The van der Waals surface area contributed by atoms with Gasteiger partial charge in [-0.15, -0.1) is 0 Å². The smallest absolute Gasteiger partial charge is 0.322 e. The van der Waals surface area contributed by atoms with Crippen LogP contribution in [0.1, 0.15) is 35.6 Å². The zero-order chi connectivity index (χ0) is 23.2. The highest BCUT2D eigenvalue weighted by atomic mass is 16.5. The summed E-state index contributed by atoms with van der Waals surface area (Å²) in [5.41, 5.74) is 7.22. The summed E-state index contributed by atoms with van der Waals surface area (Å²) >= 11 is 0. The molecule has 2 aromatic carbocycles. The molecule has 0 spiro atoms. The second-order valence-electron chi connectivity index (χ2n) is 9.25. The number of rotatable bonds is 7. The first-order chi connectivity index (χ1) is 16.0. The van der Waals surface area contributed by atoms with E-state index in [-0.39, 0.29) is 6.03 Å². The highest BCUT2D eigenvalue weighted by molar-refractivity contribution is 5.89. The van der Waals surface area contributed by atoms with E-state index in [1.165, 1.54) is 34.4 Å². The molecular formula is C27H38N4O2. The number of carbonyl (C=O) groups is 1. The van der Waals surface area contributed by atoms with Gasteiger partial charge >= 0.3 is 6.03 Å². The van der Waals surface area contributed by atoms with Gasteiger partial charge in [0, 0.05) is 57.2 Å². The minimum absolute atomic E-state index is 0.0422. The van der Waals surface area contributed by atoms with Gasteiger partial charge in [0.05, 0.1) is 13.2 Å². The zero-order valence-electron chi connectivity index (χ0n) is 20.4. The molecule has 2 aromatic rings. The van der Waals surface area contributed by atoms with Crippen molar-refractivity contribution < 1.29 is 9.53 Å². The zero-order valence-corrected chi connectivity index (χ0v) is 20.4. The van der Waals surface area contributed by atoms with Crippen LogP contribution < -0.4 is 10.2 Å². The van der Waals surface area contributed by atoms with Gasteiger partial charge in [-0.25, -0.2) is 4.79 Å². The number of benzene rings is 2. The van der Waals surface area contributed by atoms with Crippen LogP contribution in [0.15, 0.2) is 36.4 Å². The fourth-order valence-corrected chi connectivity index (χ4v) is 4.74. The lowest BCUT2D eigenvalue weighted by Crippen LogP contribution is -2.44. The Bertz CT molecular complexity index is 955. The SMILES string of the molecule is CCN1CCCc2cc(CN(CCN3CCOCC3)C(=O)Nc3ccc(C)c(C)c3)ccc21. The van der Waals surface area contributed by atoms with Gasteiger partial charge in [0.25, 0.3) is 0 Å².